The fourth-order valence-corrected chi connectivity index (χ4v) is 4.56. The van der Waals surface area contributed by atoms with Gasteiger partial charge in [-0.1, -0.05) is 30.3 Å². The number of carbonyl (C=O) groups is 1. The lowest BCUT2D eigenvalue weighted by molar-refractivity contribution is -0.208. The van der Waals surface area contributed by atoms with E-state index in [1.54, 1.807) is 4.68 Å². The second kappa shape index (κ2) is 7.66. The number of rotatable bonds is 5. The van der Waals surface area contributed by atoms with Gasteiger partial charge in [-0.2, -0.15) is 5.10 Å². The standard InChI is InChI=1S/C21H28N4O3/c1-24-17(15-5-3-2-4-6-15)13-16(23-24)20(27)25-10-7-21(8-11-25)18(26)14-19(21)28-12-9-22/h2-6,13,18-19,26H,7-12,14,22H2,1H3. The van der Waals surface area contributed by atoms with Crippen molar-refractivity contribution < 1.29 is 14.6 Å². The van der Waals surface area contributed by atoms with Crippen molar-refractivity contribution >= 4 is 5.91 Å². The molecule has 1 spiro atoms. The molecule has 150 valence electrons. The zero-order chi connectivity index (χ0) is 19.7. The summed E-state index contributed by atoms with van der Waals surface area (Å²) in [6, 6.07) is 11.8. The van der Waals surface area contributed by atoms with Gasteiger partial charge in [0.15, 0.2) is 5.69 Å². The first kappa shape index (κ1) is 19.1. The first-order chi connectivity index (χ1) is 13.5. The highest BCUT2D eigenvalue weighted by atomic mass is 16.5. The summed E-state index contributed by atoms with van der Waals surface area (Å²) in [5.41, 5.74) is 7.72. The Morgan fingerprint density at radius 3 is 2.68 bits per heavy atom. The molecule has 1 aromatic carbocycles. The molecule has 1 saturated heterocycles. The maximum Gasteiger partial charge on any atom is 0.274 e. The van der Waals surface area contributed by atoms with E-state index in [4.69, 9.17) is 10.5 Å². The van der Waals surface area contributed by atoms with E-state index in [2.05, 4.69) is 5.10 Å². The average molecular weight is 384 g/mol. The number of nitrogens with two attached hydrogens (primary N) is 1. The van der Waals surface area contributed by atoms with E-state index in [0.717, 1.165) is 24.1 Å². The molecule has 1 amide bonds. The maximum atomic E-state index is 13.0. The third-order valence-corrected chi connectivity index (χ3v) is 6.33. The van der Waals surface area contributed by atoms with Crippen LogP contribution < -0.4 is 5.73 Å². The lowest BCUT2D eigenvalue weighted by atomic mass is 9.58. The number of piperidine rings is 1. The number of likely N-dealkylation sites (tertiary alicyclic amines) is 1. The summed E-state index contributed by atoms with van der Waals surface area (Å²) in [5, 5.41) is 14.8. The predicted octanol–water partition coefficient (Wildman–Crippen LogP) is 1.42. The van der Waals surface area contributed by atoms with Crippen LogP contribution in [0.1, 0.15) is 29.8 Å². The second-order valence-corrected chi connectivity index (χ2v) is 7.83. The highest BCUT2D eigenvalue weighted by molar-refractivity contribution is 5.93. The summed E-state index contributed by atoms with van der Waals surface area (Å²) in [6.07, 6.45) is 1.84. The van der Waals surface area contributed by atoms with Gasteiger partial charge < -0.3 is 20.5 Å². The van der Waals surface area contributed by atoms with E-state index in [-0.39, 0.29) is 23.5 Å². The molecule has 1 aliphatic carbocycles. The maximum absolute atomic E-state index is 13.0. The van der Waals surface area contributed by atoms with Gasteiger partial charge in [0, 0.05) is 38.5 Å². The SMILES string of the molecule is Cn1nc(C(=O)N2CCC3(CC2)C(O)CC3OCCN)cc1-c1ccccc1. The van der Waals surface area contributed by atoms with Crippen LogP contribution in [0, 0.1) is 5.41 Å². The number of carbonyl (C=O) groups excluding carboxylic acids is 1. The van der Waals surface area contributed by atoms with Gasteiger partial charge in [0.1, 0.15) is 0 Å². The summed E-state index contributed by atoms with van der Waals surface area (Å²) < 4.78 is 7.59. The molecular formula is C21H28N4O3. The average Bonchev–Trinajstić information content (AvgIpc) is 3.13. The van der Waals surface area contributed by atoms with Crippen LogP contribution in [-0.2, 0) is 11.8 Å². The van der Waals surface area contributed by atoms with Crippen LogP contribution in [0.2, 0.25) is 0 Å². The van der Waals surface area contributed by atoms with Gasteiger partial charge in [0.25, 0.3) is 5.91 Å². The van der Waals surface area contributed by atoms with Crippen LogP contribution in [0.15, 0.2) is 36.4 Å². The summed E-state index contributed by atoms with van der Waals surface area (Å²) in [6.45, 7) is 2.21. The number of hydrogen-bond acceptors (Lipinski definition) is 5. The van der Waals surface area contributed by atoms with Crippen molar-refractivity contribution in [2.45, 2.75) is 31.5 Å². The van der Waals surface area contributed by atoms with Crippen molar-refractivity contribution in [3.05, 3.63) is 42.1 Å². The smallest absolute Gasteiger partial charge is 0.274 e. The monoisotopic (exact) mass is 384 g/mol. The summed E-state index contributed by atoms with van der Waals surface area (Å²) in [4.78, 5) is 14.8. The van der Waals surface area contributed by atoms with Gasteiger partial charge in [-0.3, -0.25) is 9.48 Å². The molecule has 2 fully saturated rings. The van der Waals surface area contributed by atoms with E-state index in [0.29, 0.717) is 38.4 Å². The van der Waals surface area contributed by atoms with Crippen molar-refractivity contribution in [1.29, 1.82) is 0 Å². The van der Waals surface area contributed by atoms with Gasteiger partial charge in [0.2, 0.25) is 0 Å². The molecule has 7 heteroatoms. The van der Waals surface area contributed by atoms with Crippen LogP contribution >= 0.6 is 0 Å². The Morgan fingerprint density at radius 1 is 1.32 bits per heavy atom. The molecule has 0 bridgehead atoms. The van der Waals surface area contributed by atoms with E-state index < -0.39 is 0 Å². The molecule has 0 radical (unpaired) electrons. The van der Waals surface area contributed by atoms with E-state index in [1.807, 2.05) is 48.3 Å². The van der Waals surface area contributed by atoms with E-state index in [1.165, 1.54) is 0 Å². The minimum atomic E-state index is -0.355. The van der Waals surface area contributed by atoms with Gasteiger partial charge >= 0.3 is 0 Å². The van der Waals surface area contributed by atoms with Crippen LogP contribution in [-0.4, -0.2) is 64.1 Å². The van der Waals surface area contributed by atoms with E-state index >= 15 is 0 Å². The lowest BCUT2D eigenvalue weighted by Gasteiger charge is -2.56. The number of hydrogen-bond donors (Lipinski definition) is 2. The molecule has 4 rings (SSSR count). The molecule has 7 nitrogen and oxygen atoms in total. The zero-order valence-electron chi connectivity index (χ0n) is 16.3. The number of amides is 1. The summed E-state index contributed by atoms with van der Waals surface area (Å²) in [5.74, 6) is -0.0547. The predicted molar refractivity (Wildman–Crippen MR) is 106 cm³/mol. The largest absolute Gasteiger partial charge is 0.392 e. The van der Waals surface area contributed by atoms with Crippen molar-refractivity contribution in [1.82, 2.24) is 14.7 Å². The van der Waals surface area contributed by atoms with Crippen LogP contribution in [0.5, 0.6) is 0 Å². The van der Waals surface area contributed by atoms with Crippen LogP contribution in [0.3, 0.4) is 0 Å². The Bertz CT molecular complexity index is 827. The quantitative estimate of drug-likeness (QED) is 0.813. The molecule has 28 heavy (non-hydrogen) atoms. The molecule has 2 aliphatic rings. The topological polar surface area (TPSA) is 93.6 Å². The Kier molecular flexibility index (Phi) is 5.23. The fourth-order valence-electron chi connectivity index (χ4n) is 4.56. The molecule has 2 heterocycles. The van der Waals surface area contributed by atoms with Gasteiger partial charge in [-0.25, -0.2) is 0 Å². The second-order valence-electron chi connectivity index (χ2n) is 7.83. The highest BCUT2D eigenvalue weighted by Crippen LogP contribution is 2.51. The molecular weight excluding hydrogens is 356 g/mol. The molecule has 2 atom stereocenters. The number of aryl methyl sites for hydroxylation is 1. The summed E-state index contributed by atoms with van der Waals surface area (Å²) in [7, 11) is 1.86. The van der Waals surface area contributed by atoms with Crippen LogP contribution in [0.25, 0.3) is 11.3 Å². The number of ether oxygens (including phenoxy) is 1. The first-order valence-electron chi connectivity index (χ1n) is 9.93. The third kappa shape index (κ3) is 3.23. The van der Waals surface area contributed by atoms with Crippen molar-refractivity contribution in [3.8, 4) is 11.3 Å². The molecule has 3 N–H and O–H groups in total. The Morgan fingerprint density at radius 2 is 2.04 bits per heavy atom. The van der Waals surface area contributed by atoms with Crippen molar-refractivity contribution in [2.24, 2.45) is 18.2 Å². The van der Waals surface area contributed by atoms with Gasteiger partial charge in [-0.15, -0.1) is 0 Å². The van der Waals surface area contributed by atoms with E-state index in [9.17, 15) is 9.90 Å². The van der Waals surface area contributed by atoms with Crippen LogP contribution in [0.4, 0.5) is 0 Å². The molecule has 1 aromatic heterocycles. The normalized spacial score (nSPS) is 23.6. The number of nitrogens with zero attached hydrogens (tertiary/aromatic N) is 3. The molecule has 2 unspecified atom stereocenters. The zero-order valence-corrected chi connectivity index (χ0v) is 16.3. The number of benzene rings is 1. The molecule has 2 aromatic rings. The Labute approximate surface area is 165 Å². The molecule has 1 saturated carbocycles. The third-order valence-electron chi connectivity index (χ3n) is 6.33. The van der Waals surface area contributed by atoms with Gasteiger partial charge in [0.05, 0.1) is 24.5 Å². The minimum absolute atomic E-state index is 0.0443. The first-order valence-corrected chi connectivity index (χ1v) is 9.93. The highest BCUT2D eigenvalue weighted by Gasteiger charge is 2.56. The number of aliphatic hydroxyl groups excluding tert-OH is 1. The number of aliphatic hydroxyl groups is 1. The minimum Gasteiger partial charge on any atom is -0.392 e. The Balaban J connectivity index is 1.44. The number of aromatic nitrogens is 2. The van der Waals surface area contributed by atoms with Gasteiger partial charge in [-0.05, 0) is 24.5 Å². The molecule has 1 aliphatic heterocycles. The summed E-state index contributed by atoms with van der Waals surface area (Å²) >= 11 is 0. The van der Waals surface area contributed by atoms with Crippen molar-refractivity contribution in [2.75, 3.05) is 26.2 Å². The Hall–Kier alpha value is -2.22. The lowest BCUT2D eigenvalue weighted by Crippen LogP contribution is -2.63. The van der Waals surface area contributed by atoms with Crippen molar-refractivity contribution in [3.63, 3.8) is 0 Å². The fraction of sp³-hybridized carbons (Fsp3) is 0.524.